The third kappa shape index (κ3) is 6.68. The van der Waals surface area contributed by atoms with Gasteiger partial charge in [0.25, 0.3) is 11.7 Å². The van der Waals surface area contributed by atoms with Crippen molar-refractivity contribution < 1.29 is 28.3 Å². The number of rotatable bonds is 12. The van der Waals surface area contributed by atoms with E-state index in [1.165, 1.54) is 23.5 Å². The van der Waals surface area contributed by atoms with E-state index < -0.39 is 17.5 Å². The van der Waals surface area contributed by atoms with Crippen LogP contribution in [0.4, 0.5) is 16.0 Å². The highest BCUT2D eigenvalue weighted by Crippen LogP contribution is 2.28. The van der Waals surface area contributed by atoms with Gasteiger partial charge in [0.15, 0.2) is 17.4 Å². The van der Waals surface area contributed by atoms with Gasteiger partial charge in [-0.05, 0) is 31.9 Å². The van der Waals surface area contributed by atoms with Crippen LogP contribution in [0.25, 0.3) is 10.9 Å². The van der Waals surface area contributed by atoms with Crippen molar-refractivity contribution in [2.24, 2.45) is 5.73 Å². The Hall–Kier alpha value is -4.81. The number of nitrogens with zero attached hydrogens (tertiary/aromatic N) is 4. The minimum atomic E-state index is -0.841. The molecule has 0 spiro atoms. The Morgan fingerprint density at radius 1 is 1.12 bits per heavy atom. The smallest absolute Gasteiger partial charge is 0.305 e. The van der Waals surface area contributed by atoms with Crippen molar-refractivity contribution in [2.45, 2.75) is 32.6 Å². The fraction of sp³-hybridized carbons (Fsp3) is 0.357. The number of ether oxygens (including phenoxy) is 1. The third-order valence-electron chi connectivity index (χ3n) is 6.71. The summed E-state index contributed by atoms with van der Waals surface area (Å²) in [4.78, 5) is 65.2. The fourth-order valence-electron chi connectivity index (χ4n) is 4.69. The fourth-order valence-corrected chi connectivity index (χ4v) is 4.69. The lowest BCUT2D eigenvalue weighted by atomic mass is 10.0. The number of carbonyl (C=O) groups excluding carboxylic acids is 4. The molecule has 4 N–H and O–H groups in total. The number of esters is 1. The van der Waals surface area contributed by atoms with Crippen LogP contribution in [-0.4, -0.2) is 76.1 Å². The molecule has 1 fully saturated rings. The van der Waals surface area contributed by atoms with E-state index in [2.05, 4.69) is 20.3 Å². The second kappa shape index (κ2) is 13.5. The predicted molar refractivity (Wildman–Crippen MR) is 150 cm³/mol. The third-order valence-corrected chi connectivity index (χ3v) is 6.71. The zero-order chi connectivity index (χ0) is 29.4. The number of H-pyrrole nitrogens is 1. The number of hydrogen-bond acceptors (Lipinski definition) is 10. The van der Waals surface area contributed by atoms with Gasteiger partial charge in [0.1, 0.15) is 5.82 Å². The number of nitrogens with one attached hydrogen (secondary N) is 2. The molecule has 1 saturated heterocycles. The zero-order valence-corrected chi connectivity index (χ0v) is 22.7. The number of anilines is 2. The summed E-state index contributed by atoms with van der Waals surface area (Å²) in [6, 6.07) is 3.40. The van der Waals surface area contributed by atoms with Crippen LogP contribution in [0.1, 0.15) is 53.3 Å². The average molecular weight is 566 g/mol. The first-order valence-electron chi connectivity index (χ1n) is 13.4. The summed E-state index contributed by atoms with van der Waals surface area (Å²) in [6.45, 7) is 3.22. The SMILES string of the molecule is CCOC(=O)CCCCC(=O)c1cccnc1N1CCN(C(=O)C(=O)c2c[nH]c3c(N/C=C\N)ncc(F)c23)CC1. The second-order valence-electron chi connectivity index (χ2n) is 9.33. The number of Topliss-reactive ketones (excluding diaryl/α,β-unsaturated/α-hetero) is 2. The molecule has 0 radical (unpaired) electrons. The van der Waals surface area contributed by atoms with E-state index in [4.69, 9.17) is 10.5 Å². The molecule has 0 bridgehead atoms. The first-order chi connectivity index (χ1) is 19.8. The number of ketones is 2. The van der Waals surface area contributed by atoms with Gasteiger partial charge in [0.05, 0.1) is 34.8 Å². The van der Waals surface area contributed by atoms with Gasteiger partial charge in [-0.3, -0.25) is 19.2 Å². The maximum Gasteiger partial charge on any atom is 0.305 e. The van der Waals surface area contributed by atoms with Crippen LogP contribution in [0, 0.1) is 5.82 Å². The summed E-state index contributed by atoms with van der Waals surface area (Å²) in [5, 5.41) is 2.75. The van der Waals surface area contributed by atoms with E-state index in [-0.39, 0.29) is 60.0 Å². The number of halogens is 1. The van der Waals surface area contributed by atoms with Gasteiger partial charge in [-0.25, -0.2) is 14.4 Å². The maximum absolute atomic E-state index is 14.7. The number of fused-ring (bicyclic) bond motifs is 1. The molecule has 0 aliphatic carbocycles. The molecular weight excluding hydrogens is 533 g/mol. The number of amides is 1. The number of nitrogens with two attached hydrogens (primary N) is 1. The summed E-state index contributed by atoms with van der Waals surface area (Å²) < 4.78 is 19.6. The summed E-state index contributed by atoms with van der Waals surface area (Å²) in [5.74, 6) is -1.93. The lowest BCUT2D eigenvalue weighted by molar-refractivity contribution is -0.143. The van der Waals surface area contributed by atoms with E-state index in [0.29, 0.717) is 43.9 Å². The monoisotopic (exact) mass is 565 g/mol. The molecule has 3 aromatic heterocycles. The molecule has 12 nitrogen and oxygen atoms in total. The number of piperazine rings is 1. The van der Waals surface area contributed by atoms with Crippen LogP contribution in [0.2, 0.25) is 0 Å². The Morgan fingerprint density at radius 3 is 2.61 bits per heavy atom. The normalized spacial score (nSPS) is 13.5. The van der Waals surface area contributed by atoms with Crippen molar-refractivity contribution in [1.82, 2.24) is 19.9 Å². The Bertz CT molecular complexity index is 1460. The largest absolute Gasteiger partial charge is 0.466 e. The van der Waals surface area contributed by atoms with E-state index >= 15 is 0 Å². The van der Waals surface area contributed by atoms with Crippen LogP contribution in [0.15, 0.2) is 43.1 Å². The van der Waals surface area contributed by atoms with E-state index in [1.54, 1.807) is 25.3 Å². The highest BCUT2D eigenvalue weighted by atomic mass is 19.1. The molecule has 216 valence electrons. The molecule has 1 aliphatic heterocycles. The van der Waals surface area contributed by atoms with E-state index in [9.17, 15) is 23.6 Å². The lowest BCUT2D eigenvalue weighted by Crippen LogP contribution is -2.51. The summed E-state index contributed by atoms with van der Waals surface area (Å²) in [6.07, 6.45) is 8.13. The van der Waals surface area contributed by atoms with Gasteiger partial charge in [0, 0.05) is 63.8 Å². The molecule has 41 heavy (non-hydrogen) atoms. The van der Waals surface area contributed by atoms with E-state index in [0.717, 1.165) is 6.20 Å². The Morgan fingerprint density at radius 2 is 1.88 bits per heavy atom. The quantitative estimate of drug-likeness (QED) is 0.129. The predicted octanol–water partition coefficient (Wildman–Crippen LogP) is 2.78. The topological polar surface area (TPSA) is 164 Å². The molecule has 4 heterocycles. The molecule has 0 saturated carbocycles. The average Bonchev–Trinajstić information content (AvgIpc) is 3.45. The summed E-state index contributed by atoms with van der Waals surface area (Å²) in [7, 11) is 0. The van der Waals surface area contributed by atoms with Gasteiger partial charge < -0.3 is 30.6 Å². The van der Waals surface area contributed by atoms with Crippen molar-refractivity contribution in [3.63, 3.8) is 0 Å². The van der Waals surface area contributed by atoms with Crippen molar-refractivity contribution in [3.05, 3.63) is 60.1 Å². The molecule has 1 amide bonds. The molecule has 0 atom stereocenters. The minimum absolute atomic E-state index is 0.0381. The highest BCUT2D eigenvalue weighted by molar-refractivity contribution is 6.45. The Kier molecular flexibility index (Phi) is 9.61. The number of carbonyl (C=O) groups is 4. The van der Waals surface area contributed by atoms with Crippen LogP contribution in [0.3, 0.4) is 0 Å². The maximum atomic E-state index is 14.7. The number of aromatic nitrogens is 3. The first-order valence-corrected chi connectivity index (χ1v) is 13.4. The van der Waals surface area contributed by atoms with Gasteiger partial charge in [-0.1, -0.05) is 0 Å². The number of aromatic amines is 1. The van der Waals surface area contributed by atoms with E-state index in [1.807, 2.05) is 4.90 Å². The molecule has 0 unspecified atom stereocenters. The van der Waals surface area contributed by atoms with Gasteiger partial charge in [-0.15, -0.1) is 0 Å². The lowest BCUT2D eigenvalue weighted by Gasteiger charge is -2.35. The van der Waals surface area contributed by atoms with Crippen LogP contribution < -0.4 is 16.0 Å². The van der Waals surface area contributed by atoms with Gasteiger partial charge in [-0.2, -0.15) is 0 Å². The van der Waals surface area contributed by atoms with Gasteiger partial charge >= 0.3 is 5.97 Å². The molecule has 13 heteroatoms. The standard InChI is InChI=1S/C28H32FN7O5/c1-2-41-22(38)8-4-3-7-21(37)18-6-5-10-32-27(18)35-12-14-36(15-13-35)28(40)25(39)19-16-33-24-23(19)20(29)17-34-26(24)31-11-9-30/h5-6,9-11,16-17,33H,2-4,7-8,12-15,30H2,1H3,(H,31,34)/b11-9-. The zero-order valence-electron chi connectivity index (χ0n) is 22.7. The van der Waals surface area contributed by atoms with Crippen LogP contribution in [0.5, 0.6) is 0 Å². The van der Waals surface area contributed by atoms with Crippen LogP contribution >= 0.6 is 0 Å². The number of pyridine rings is 2. The Labute approximate surface area is 235 Å². The molecule has 3 aromatic rings. The van der Waals surface area contributed by atoms with Crippen molar-refractivity contribution in [1.29, 1.82) is 0 Å². The molecule has 4 rings (SSSR count). The summed E-state index contributed by atoms with van der Waals surface area (Å²) in [5.41, 5.74) is 5.95. The number of hydrogen-bond donors (Lipinski definition) is 3. The van der Waals surface area contributed by atoms with Crippen molar-refractivity contribution >= 4 is 46.0 Å². The van der Waals surface area contributed by atoms with Crippen LogP contribution in [-0.2, 0) is 14.3 Å². The van der Waals surface area contributed by atoms with Crippen molar-refractivity contribution in [2.75, 3.05) is 43.0 Å². The molecule has 0 aromatic carbocycles. The molecule has 1 aliphatic rings. The van der Waals surface area contributed by atoms with Gasteiger partial charge in [0.2, 0.25) is 0 Å². The molecular formula is C28H32FN7O5. The summed E-state index contributed by atoms with van der Waals surface area (Å²) >= 11 is 0. The Balaban J connectivity index is 1.39. The number of unbranched alkanes of at least 4 members (excludes halogenated alkanes) is 1. The van der Waals surface area contributed by atoms with Crippen molar-refractivity contribution in [3.8, 4) is 0 Å². The minimum Gasteiger partial charge on any atom is -0.466 e. The second-order valence-corrected chi connectivity index (χ2v) is 9.33. The first kappa shape index (κ1) is 29.2. The highest BCUT2D eigenvalue weighted by Gasteiger charge is 2.31.